The molecule has 1 amide bonds. The number of carbonyl (C=O) groups excluding carboxylic acids is 1. The summed E-state index contributed by atoms with van der Waals surface area (Å²) >= 11 is 3.56. The average molecular weight is 298 g/mol. The van der Waals surface area contributed by atoms with Gasteiger partial charge in [0, 0.05) is 16.9 Å². The van der Waals surface area contributed by atoms with Crippen LogP contribution in [0.3, 0.4) is 0 Å². The zero-order chi connectivity index (χ0) is 13.0. The lowest BCUT2D eigenvalue weighted by molar-refractivity contribution is 0.0952. The SMILES string of the molecule is Cc1ccc(C(=O)NCC(Br)C(C)C)c(C)c1. The van der Waals surface area contributed by atoms with E-state index in [9.17, 15) is 4.79 Å². The minimum absolute atomic E-state index is 0.00704. The van der Waals surface area contributed by atoms with Gasteiger partial charge in [0.05, 0.1) is 0 Å². The van der Waals surface area contributed by atoms with E-state index in [1.54, 1.807) is 0 Å². The number of hydrogen-bond acceptors (Lipinski definition) is 1. The largest absolute Gasteiger partial charge is 0.351 e. The molecular weight excluding hydrogens is 278 g/mol. The van der Waals surface area contributed by atoms with Gasteiger partial charge in [-0.1, -0.05) is 47.5 Å². The van der Waals surface area contributed by atoms with Crippen molar-refractivity contribution >= 4 is 21.8 Å². The zero-order valence-corrected chi connectivity index (χ0v) is 12.5. The van der Waals surface area contributed by atoms with Gasteiger partial charge in [0.25, 0.3) is 5.91 Å². The molecule has 0 aliphatic carbocycles. The fourth-order valence-electron chi connectivity index (χ4n) is 1.59. The fourth-order valence-corrected chi connectivity index (χ4v) is 1.75. The summed E-state index contributed by atoms with van der Waals surface area (Å²) in [6.45, 7) is 8.91. The van der Waals surface area contributed by atoms with E-state index in [-0.39, 0.29) is 5.91 Å². The topological polar surface area (TPSA) is 29.1 Å². The summed E-state index contributed by atoms with van der Waals surface area (Å²) in [5.41, 5.74) is 2.97. The minimum Gasteiger partial charge on any atom is -0.351 e. The van der Waals surface area contributed by atoms with E-state index in [2.05, 4.69) is 35.1 Å². The van der Waals surface area contributed by atoms with Crippen molar-refractivity contribution < 1.29 is 4.79 Å². The Bertz CT molecular complexity index is 401. The smallest absolute Gasteiger partial charge is 0.251 e. The molecule has 0 spiro atoms. The van der Waals surface area contributed by atoms with Crippen LogP contribution in [0.1, 0.15) is 35.3 Å². The first-order valence-corrected chi connectivity index (χ1v) is 6.83. The summed E-state index contributed by atoms with van der Waals surface area (Å²) in [5, 5.41) is 2.95. The van der Waals surface area contributed by atoms with E-state index in [4.69, 9.17) is 0 Å². The lowest BCUT2D eigenvalue weighted by Crippen LogP contribution is -2.32. The summed E-state index contributed by atoms with van der Waals surface area (Å²) < 4.78 is 0. The second kappa shape index (κ2) is 6.20. The summed E-state index contributed by atoms with van der Waals surface area (Å²) in [4.78, 5) is 12.3. The summed E-state index contributed by atoms with van der Waals surface area (Å²) in [6.07, 6.45) is 0. The van der Waals surface area contributed by atoms with Crippen LogP contribution in [0.25, 0.3) is 0 Å². The molecule has 17 heavy (non-hydrogen) atoms. The molecule has 0 aromatic heterocycles. The number of aryl methyl sites for hydroxylation is 2. The van der Waals surface area contributed by atoms with Crippen molar-refractivity contribution in [1.82, 2.24) is 5.32 Å². The number of benzene rings is 1. The van der Waals surface area contributed by atoms with E-state index >= 15 is 0 Å². The molecule has 0 saturated carbocycles. The first-order valence-electron chi connectivity index (χ1n) is 5.91. The Morgan fingerprint density at radius 1 is 1.35 bits per heavy atom. The van der Waals surface area contributed by atoms with Crippen LogP contribution in [-0.4, -0.2) is 17.3 Å². The molecule has 2 nitrogen and oxygen atoms in total. The highest BCUT2D eigenvalue weighted by atomic mass is 79.9. The van der Waals surface area contributed by atoms with Crippen LogP contribution in [0.5, 0.6) is 0 Å². The predicted octanol–water partition coefficient (Wildman–Crippen LogP) is 3.45. The van der Waals surface area contributed by atoms with E-state index < -0.39 is 0 Å². The predicted molar refractivity (Wildman–Crippen MR) is 75.8 cm³/mol. The number of carbonyl (C=O) groups is 1. The molecule has 1 unspecified atom stereocenters. The maximum atomic E-state index is 12.0. The van der Waals surface area contributed by atoms with Gasteiger partial charge in [-0.15, -0.1) is 0 Å². The first-order chi connectivity index (χ1) is 7.91. The fraction of sp³-hybridized carbons (Fsp3) is 0.500. The molecule has 94 valence electrons. The first kappa shape index (κ1) is 14.2. The highest BCUT2D eigenvalue weighted by Gasteiger charge is 2.13. The van der Waals surface area contributed by atoms with Crippen molar-refractivity contribution in [2.75, 3.05) is 6.54 Å². The highest BCUT2D eigenvalue weighted by Crippen LogP contribution is 2.12. The Hall–Kier alpha value is -0.830. The second-order valence-electron chi connectivity index (χ2n) is 4.79. The third-order valence-electron chi connectivity index (χ3n) is 2.81. The lowest BCUT2D eigenvalue weighted by atomic mass is 10.0. The molecule has 0 saturated heterocycles. The van der Waals surface area contributed by atoms with Crippen LogP contribution in [0.2, 0.25) is 0 Å². The number of alkyl halides is 1. The molecule has 0 heterocycles. The Morgan fingerprint density at radius 3 is 2.53 bits per heavy atom. The Labute approximate surface area is 112 Å². The summed E-state index contributed by atoms with van der Waals surface area (Å²) in [7, 11) is 0. The normalized spacial score (nSPS) is 12.6. The van der Waals surface area contributed by atoms with Crippen LogP contribution in [-0.2, 0) is 0 Å². The van der Waals surface area contributed by atoms with E-state index in [1.807, 2.05) is 32.0 Å². The van der Waals surface area contributed by atoms with Gasteiger partial charge in [0.15, 0.2) is 0 Å². The second-order valence-corrected chi connectivity index (χ2v) is 5.96. The van der Waals surface area contributed by atoms with Crippen molar-refractivity contribution in [1.29, 1.82) is 0 Å². The van der Waals surface area contributed by atoms with Gasteiger partial charge in [-0.3, -0.25) is 4.79 Å². The van der Waals surface area contributed by atoms with E-state index in [0.29, 0.717) is 17.3 Å². The molecule has 1 aromatic rings. The monoisotopic (exact) mass is 297 g/mol. The van der Waals surface area contributed by atoms with Crippen LogP contribution in [0.4, 0.5) is 0 Å². The average Bonchev–Trinajstić information content (AvgIpc) is 2.25. The molecular formula is C14H20BrNO. The van der Waals surface area contributed by atoms with Crippen LogP contribution >= 0.6 is 15.9 Å². The summed E-state index contributed by atoms with van der Waals surface area (Å²) in [6, 6.07) is 5.89. The van der Waals surface area contributed by atoms with E-state index in [0.717, 1.165) is 11.1 Å². The molecule has 3 heteroatoms. The molecule has 0 radical (unpaired) electrons. The third kappa shape index (κ3) is 4.15. The quantitative estimate of drug-likeness (QED) is 0.848. The molecule has 0 fully saturated rings. The minimum atomic E-state index is 0.00704. The van der Waals surface area contributed by atoms with Crippen molar-refractivity contribution in [3.8, 4) is 0 Å². The molecule has 1 N–H and O–H groups in total. The lowest BCUT2D eigenvalue weighted by Gasteiger charge is -2.15. The third-order valence-corrected chi connectivity index (χ3v) is 4.19. The van der Waals surface area contributed by atoms with Gasteiger partial charge >= 0.3 is 0 Å². The summed E-state index contributed by atoms with van der Waals surface area (Å²) in [5.74, 6) is 0.516. The number of rotatable bonds is 4. The molecule has 0 aliphatic rings. The molecule has 1 rings (SSSR count). The zero-order valence-electron chi connectivity index (χ0n) is 10.9. The highest BCUT2D eigenvalue weighted by molar-refractivity contribution is 9.09. The van der Waals surface area contributed by atoms with Crippen molar-refractivity contribution in [2.24, 2.45) is 5.92 Å². The molecule has 0 aliphatic heterocycles. The van der Waals surface area contributed by atoms with E-state index in [1.165, 1.54) is 5.56 Å². The number of halogens is 1. The van der Waals surface area contributed by atoms with Crippen molar-refractivity contribution in [2.45, 2.75) is 32.5 Å². The standard InChI is InChI=1S/C14H20BrNO/c1-9(2)13(15)8-16-14(17)12-6-5-10(3)7-11(12)4/h5-7,9,13H,8H2,1-4H3,(H,16,17). The van der Waals surface area contributed by atoms with Crippen LogP contribution in [0.15, 0.2) is 18.2 Å². The number of hydrogen-bond donors (Lipinski definition) is 1. The Morgan fingerprint density at radius 2 is 2.00 bits per heavy atom. The maximum Gasteiger partial charge on any atom is 0.251 e. The number of nitrogens with one attached hydrogen (secondary N) is 1. The number of amides is 1. The van der Waals surface area contributed by atoms with Gasteiger partial charge in [-0.2, -0.15) is 0 Å². The van der Waals surface area contributed by atoms with Gasteiger partial charge in [0.1, 0.15) is 0 Å². The Kier molecular flexibility index (Phi) is 5.19. The van der Waals surface area contributed by atoms with Gasteiger partial charge < -0.3 is 5.32 Å². The van der Waals surface area contributed by atoms with Crippen LogP contribution < -0.4 is 5.32 Å². The molecule has 0 bridgehead atoms. The van der Waals surface area contributed by atoms with Crippen LogP contribution in [0, 0.1) is 19.8 Å². The maximum absolute atomic E-state index is 12.0. The Balaban J connectivity index is 2.64. The van der Waals surface area contributed by atoms with Gasteiger partial charge in [-0.25, -0.2) is 0 Å². The molecule has 1 atom stereocenters. The van der Waals surface area contributed by atoms with Crippen molar-refractivity contribution in [3.05, 3.63) is 34.9 Å². The molecule has 1 aromatic carbocycles. The van der Waals surface area contributed by atoms with Gasteiger partial charge in [-0.05, 0) is 31.4 Å². The van der Waals surface area contributed by atoms with Gasteiger partial charge in [0.2, 0.25) is 0 Å². The van der Waals surface area contributed by atoms with Crippen molar-refractivity contribution in [3.63, 3.8) is 0 Å².